The van der Waals surface area contributed by atoms with E-state index in [-0.39, 0.29) is 11.7 Å². The van der Waals surface area contributed by atoms with Crippen LogP contribution < -0.4 is 5.32 Å². The Labute approximate surface area is 237 Å². The standard InChI is InChI=1S/C30H35N7O2S/c1-30(2)13-24-20(15-39-30)21(14-38-19-7-10-37(3)11-8-19)25-26-27(40-29(25)36-24)28(35-17-34-26)31-9-6-18-4-5-22-23(12-18)33-16-32-22/h4-5,12,16-17,19H,6-11,13-15H2,1-3H3,(H,32,33)(H,31,34,35). The van der Waals surface area contributed by atoms with Gasteiger partial charge in [-0.1, -0.05) is 6.07 Å². The Kier molecular flexibility index (Phi) is 6.66. The van der Waals surface area contributed by atoms with Gasteiger partial charge in [0.2, 0.25) is 0 Å². The summed E-state index contributed by atoms with van der Waals surface area (Å²) in [5.74, 6) is 0.854. The fraction of sp³-hybridized carbons (Fsp3) is 0.467. The second kappa shape index (κ2) is 10.3. The van der Waals surface area contributed by atoms with Crippen LogP contribution in [0.2, 0.25) is 0 Å². The highest BCUT2D eigenvalue weighted by Gasteiger charge is 2.31. The third-order valence-corrected chi connectivity index (χ3v) is 9.30. The Morgan fingerprint density at radius 2 is 2.08 bits per heavy atom. The van der Waals surface area contributed by atoms with Crippen LogP contribution in [0.25, 0.3) is 31.5 Å². The minimum Gasteiger partial charge on any atom is -0.373 e. The molecule has 5 aromatic rings. The van der Waals surface area contributed by atoms with Gasteiger partial charge in [0.15, 0.2) is 0 Å². The number of nitrogens with one attached hydrogen (secondary N) is 2. The average molecular weight is 558 g/mol. The maximum Gasteiger partial charge on any atom is 0.147 e. The van der Waals surface area contributed by atoms with Crippen molar-refractivity contribution in [2.45, 2.75) is 64.4 Å². The summed E-state index contributed by atoms with van der Waals surface area (Å²) >= 11 is 1.67. The van der Waals surface area contributed by atoms with E-state index in [9.17, 15) is 0 Å². The van der Waals surface area contributed by atoms with E-state index in [2.05, 4.69) is 64.3 Å². The maximum atomic E-state index is 6.56. The topological polar surface area (TPSA) is 101 Å². The second-order valence-corrected chi connectivity index (χ2v) is 12.7. The molecule has 7 rings (SSSR count). The number of anilines is 1. The van der Waals surface area contributed by atoms with Gasteiger partial charge in [-0.2, -0.15) is 0 Å². The molecule has 0 saturated carbocycles. The fourth-order valence-corrected chi connectivity index (χ4v) is 7.05. The first-order chi connectivity index (χ1) is 19.4. The molecule has 0 unspecified atom stereocenters. The molecule has 1 aromatic carbocycles. The lowest BCUT2D eigenvalue weighted by atomic mass is 9.92. The number of rotatable bonds is 7. The lowest BCUT2D eigenvalue weighted by Gasteiger charge is -2.33. The van der Waals surface area contributed by atoms with Crippen LogP contribution in [0.5, 0.6) is 0 Å². The van der Waals surface area contributed by atoms with Crippen LogP contribution in [-0.2, 0) is 35.5 Å². The van der Waals surface area contributed by atoms with Crippen LogP contribution in [0.3, 0.4) is 0 Å². The Balaban J connectivity index is 1.21. The number of nitrogens with zero attached hydrogens (tertiary/aromatic N) is 5. The van der Waals surface area contributed by atoms with Crippen LogP contribution in [0.4, 0.5) is 5.82 Å². The molecular formula is C30H35N7O2S. The van der Waals surface area contributed by atoms with E-state index in [1.54, 1.807) is 24.0 Å². The molecule has 4 aromatic heterocycles. The summed E-state index contributed by atoms with van der Waals surface area (Å²) < 4.78 is 13.9. The molecule has 1 fully saturated rings. The summed E-state index contributed by atoms with van der Waals surface area (Å²) in [5, 5.41) is 4.66. The van der Waals surface area contributed by atoms with Crippen molar-refractivity contribution in [3.8, 4) is 0 Å². The number of hydrogen-bond donors (Lipinski definition) is 2. The molecule has 0 aliphatic carbocycles. The maximum absolute atomic E-state index is 6.56. The highest BCUT2D eigenvalue weighted by molar-refractivity contribution is 7.26. The minimum atomic E-state index is -0.234. The van der Waals surface area contributed by atoms with E-state index in [0.29, 0.717) is 13.2 Å². The molecular weight excluding hydrogens is 522 g/mol. The number of ether oxygens (including phenoxy) is 2. The van der Waals surface area contributed by atoms with Gasteiger partial charge in [-0.3, -0.25) is 0 Å². The Morgan fingerprint density at radius 3 is 2.95 bits per heavy atom. The van der Waals surface area contributed by atoms with E-state index in [4.69, 9.17) is 19.4 Å². The largest absolute Gasteiger partial charge is 0.373 e. The van der Waals surface area contributed by atoms with E-state index in [1.165, 1.54) is 16.7 Å². The number of benzene rings is 1. The Morgan fingerprint density at radius 1 is 1.20 bits per heavy atom. The zero-order valence-electron chi connectivity index (χ0n) is 23.3. The molecule has 10 heteroatoms. The number of fused-ring (bicyclic) bond motifs is 5. The van der Waals surface area contributed by atoms with Crippen molar-refractivity contribution in [2.24, 2.45) is 0 Å². The van der Waals surface area contributed by atoms with Gasteiger partial charge in [-0.15, -0.1) is 11.3 Å². The van der Waals surface area contributed by atoms with Crippen molar-refractivity contribution in [3.63, 3.8) is 0 Å². The van der Waals surface area contributed by atoms with Gasteiger partial charge in [0.1, 0.15) is 17.0 Å². The molecule has 6 heterocycles. The van der Waals surface area contributed by atoms with Crippen LogP contribution >= 0.6 is 11.3 Å². The normalized spacial score (nSPS) is 18.1. The summed E-state index contributed by atoms with van der Waals surface area (Å²) in [6, 6.07) is 6.35. The average Bonchev–Trinajstić information content (AvgIpc) is 3.56. The van der Waals surface area contributed by atoms with Gasteiger partial charge in [-0.25, -0.2) is 19.9 Å². The van der Waals surface area contributed by atoms with Gasteiger partial charge >= 0.3 is 0 Å². The van der Waals surface area contributed by atoms with Crippen LogP contribution in [0, 0.1) is 0 Å². The number of thiophene rings is 1. The molecule has 9 nitrogen and oxygen atoms in total. The van der Waals surface area contributed by atoms with Gasteiger partial charge in [0.05, 0.1) is 58.2 Å². The lowest BCUT2D eigenvalue weighted by Crippen LogP contribution is -2.35. The van der Waals surface area contributed by atoms with Crippen molar-refractivity contribution in [1.82, 2.24) is 29.8 Å². The van der Waals surface area contributed by atoms with E-state index in [0.717, 1.165) is 88.3 Å². The van der Waals surface area contributed by atoms with E-state index in [1.807, 2.05) is 0 Å². The summed E-state index contributed by atoms with van der Waals surface area (Å²) in [6.07, 6.45) is 7.44. The lowest BCUT2D eigenvalue weighted by molar-refractivity contribution is -0.0434. The van der Waals surface area contributed by atoms with Crippen LogP contribution in [-0.4, -0.2) is 68.2 Å². The first-order valence-corrected chi connectivity index (χ1v) is 14.9. The van der Waals surface area contributed by atoms with Crippen molar-refractivity contribution in [1.29, 1.82) is 0 Å². The number of piperidine rings is 1. The number of pyridine rings is 1. The number of H-pyrrole nitrogens is 1. The van der Waals surface area contributed by atoms with E-state index >= 15 is 0 Å². The fourth-order valence-electron chi connectivity index (χ4n) is 5.90. The van der Waals surface area contributed by atoms with Crippen molar-refractivity contribution < 1.29 is 9.47 Å². The monoisotopic (exact) mass is 557 g/mol. The molecule has 2 aliphatic rings. The molecule has 0 radical (unpaired) electrons. The SMILES string of the molecule is CN1CCC(OCc2c3c(nc4sc5c(NCCc6ccc7nc[nH]c7c6)ncnc5c24)CC(C)(C)OC3)CC1. The summed E-state index contributed by atoms with van der Waals surface area (Å²) in [5.41, 5.74) is 7.47. The highest BCUT2D eigenvalue weighted by Crippen LogP contribution is 2.41. The predicted molar refractivity (Wildman–Crippen MR) is 159 cm³/mol. The summed E-state index contributed by atoms with van der Waals surface area (Å²) in [7, 11) is 2.18. The second-order valence-electron chi connectivity index (χ2n) is 11.7. The number of hydrogen-bond acceptors (Lipinski definition) is 9. The third kappa shape index (κ3) is 4.94. The zero-order valence-corrected chi connectivity index (χ0v) is 24.1. The number of aromatic nitrogens is 5. The van der Waals surface area contributed by atoms with E-state index < -0.39 is 0 Å². The molecule has 208 valence electrons. The third-order valence-electron chi connectivity index (χ3n) is 8.22. The Bertz CT molecular complexity index is 1690. The van der Waals surface area contributed by atoms with Crippen LogP contribution in [0.1, 0.15) is 49.1 Å². The number of imidazole rings is 1. The molecule has 0 bridgehead atoms. The smallest absolute Gasteiger partial charge is 0.147 e. The van der Waals surface area contributed by atoms with Gasteiger partial charge in [-0.05, 0) is 63.4 Å². The van der Waals surface area contributed by atoms with Crippen LogP contribution in [0.15, 0.2) is 30.9 Å². The van der Waals surface area contributed by atoms with Gasteiger partial charge in [0.25, 0.3) is 0 Å². The first-order valence-electron chi connectivity index (χ1n) is 14.1. The molecule has 2 N–H and O–H groups in total. The molecule has 0 spiro atoms. The van der Waals surface area contributed by atoms with Crippen molar-refractivity contribution in [2.75, 3.05) is 32.0 Å². The highest BCUT2D eigenvalue weighted by atomic mass is 32.1. The Hall–Kier alpha value is -3.18. The van der Waals surface area contributed by atoms with Crippen molar-refractivity contribution in [3.05, 3.63) is 53.2 Å². The molecule has 40 heavy (non-hydrogen) atoms. The van der Waals surface area contributed by atoms with Crippen molar-refractivity contribution >= 4 is 48.6 Å². The van der Waals surface area contributed by atoms with Gasteiger partial charge in [0, 0.05) is 37.0 Å². The first kappa shape index (κ1) is 25.8. The molecule has 2 aliphatic heterocycles. The quantitative estimate of drug-likeness (QED) is 0.281. The molecule has 0 amide bonds. The predicted octanol–water partition coefficient (Wildman–Crippen LogP) is 5.23. The molecule has 1 saturated heterocycles. The minimum absolute atomic E-state index is 0.234. The number of aromatic amines is 1. The summed E-state index contributed by atoms with van der Waals surface area (Å²) in [6.45, 7) is 8.28. The number of likely N-dealkylation sites (tertiary alicyclic amines) is 1. The molecule has 0 atom stereocenters. The zero-order chi connectivity index (χ0) is 27.3. The summed E-state index contributed by atoms with van der Waals surface area (Å²) in [4.78, 5) is 25.5. The van der Waals surface area contributed by atoms with Gasteiger partial charge < -0.3 is 24.7 Å².